The van der Waals surface area contributed by atoms with E-state index in [1.54, 1.807) is 0 Å². The summed E-state index contributed by atoms with van der Waals surface area (Å²) in [5, 5.41) is 7.48. The van der Waals surface area contributed by atoms with Crippen LogP contribution in [0.1, 0.15) is 25.2 Å². The topological polar surface area (TPSA) is 59.4 Å². The quantitative estimate of drug-likeness (QED) is 0.917. The molecular weight excluding hydrogens is 268 g/mol. The number of nitrogens with one attached hydrogen (secondary N) is 1. The Balaban J connectivity index is 1.79. The van der Waals surface area contributed by atoms with Gasteiger partial charge in [-0.25, -0.2) is 4.79 Å². The number of aryl methyl sites for hydroxylation is 2. The van der Waals surface area contributed by atoms with Gasteiger partial charge in [-0.05, 0) is 32.8 Å². The fraction of sp³-hybridized carbons (Fsp3) is 0.733. The number of carbonyl (C=O) groups excluding carboxylic acids is 1. The van der Waals surface area contributed by atoms with E-state index in [0.29, 0.717) is 32.2 Å². The highest BCUT2D eigenvalue weighted by Gasteiger charge is 2.23. The van der Waals surface area contributed by atoms with E-state index >= 15 is 0 Å². The Labute approximate surface area is 126 Å². The Kier molecular flexibility index (Phi) is 5.22. The van der Waals surface area contributed by atoms with Crippen molar-refractivity contribution in [3.8, 4) is 0 Å². The van der Waals surface area contributed by atoms with Crippen molar-refractivity contribution in [2.45, 2.75) is 40.3 Å². The van der Waals surface area contributed by atoms with E-state index in [-0.39, 0.29) is 12.1 Å². The number of ether oxygens (including phenoxy) is 1. The molecule has 1 aliphatic rings. The zero-order chi connectivity index (χ0) is 15.4. The van der Waals surface area contributed by atoms with Crippen LogP contribution in [0.25, 0.3) is 0 Å². The SMILES string of the molecule is Cc1cc(C)n(C[C@@H](C)CNC(=O)N2CCOC[C@@H]2C)n1. The van der Waals surface area contributed by atoms with E-state index in [1.165, 1.54) is 0 Å². The zero-order valence-corrected chi connectivity index (χ0v) is 13.4. The Morgan fingerprint density at radius 2 is 2.33 bits per heavy atom. The molecule has 1 aromatic rings. The minimum atomic E-state index is 0.00557. The van der Waals surface area contributed by atoms with Crippen molar-refractivity contribution in [3.63, 3.8) is 0 Å². The van der Waals surface area contributed by atoms with Crippen LogP contribution in [-0.2, 0) is 11.3 Å². The summed E-state index contributed by atoms with van der Waals surface area (Å²) in [6.45, 7) is 11.6. The monoisotopic (exact) mass is 294 g/mol. The first-order valence-corrected chi connectivity index (χ1v) is 7.60. The first kappa shape index (κ1) is 15.8. The lowest BCUT2D eigenvalue weighted by Gasteiger charge is -2.33. The van der Waals surface area contributed by atoms with Crippen molar-refractivity contribution < 1.29 is 9.53 Å². The Morgan fingerprint density at radius 3 is 2.95 bits per heavy atom. The van der Waals surface area contributed by atoms with Gasteiger partial charge in [0.2, 0.25) is 0 Å². The molecule has 0 saturated carbocycles. The van der Waals surface area contributed by atoms with Crippen LogP contribution in [0.15, 0.2) is 6.07 Å². The van der Waals surface area contributed by atoms with Gasteiger partial charge in [-0.3, -0.25) is 4.68 Å². The van der Waals surface area contributed by atoms with Crippen LogP contribution in [0.4, 0.5) is 4.79 Å². The fourth-order valence-electron chi connectivity index (χ4n) is 2.61. The second-order valence-corrected chi connectivity index (χ2v) is 6.02. The van der Waals surface area contributed by atoms with Crippen LogP contribution in [-0.4, -0.2) is 53.1 Å². The maximum absolute atomic E-state index is 12.2. The van der Waals surface area contributed by atoms with E-state index in [9.17, 15) is 4.79 Å². The molecule has 0 bridgehead atoms. The van der Waals surface area contributed by atoms with E-state index in [4.69, 9.17) is 4.74 Å². The molecule has 2 rings (SSSR count). The molecule has 0 aromatic carbocycles. The van der Waals surface area contributed by atoms with Crippen LogP contribution in [0.3, 0.4) is 0 Å². The lowest BCUT2D eigenvalue weighted by atomic mass is 10.2. The van der Waals surface area contributed by atoms with Crippen molar-refractivity contribution in [3.05, 3.63) is 17.5 Å². The first-order chi connectivity index (χ1) is 9.97. The Bertz CT molecular complexity index is 486. The molecule has 1 aromatic heterocycles. The molecule has 0 unspecified atom stereocenters. The summed E-state index contributed by atoms with van der Waals surface area (Å²) in [4.78, 5) is 14.0. The maximum Gasteiger partial charge on any atom is 0.317 e. The van der Waals surface area contributed by atoms with Crippen LogP contribution in [0.2, 0.25) is 0 Å². The summed E-state index contributed by atoms with van der Waals surface area (Å²) in [5.41, 5.74) is 2.19. The smallest absolute Gasteiger partial charge is 0.317 e. The number of amides is 2. The van der Waals surface area contributed by atoms with Crippen molar-refractivity contribution in [2.75, 3.05) is 26.3 Å². The van der Waals surface area contributed by atoms with E-state index in [1.807, 2.05) is 23.4 Å². The molecule has 1 fully saturated rings. The summed E-state index contributed by atoms with van der Waals surface area (Å²) in [5.74, 6) is 0.336. The second-order valence-electron chi connectivity index (χ2n) is 6.02. The second kappa shape index (κ2) is 6.93. The molecule has 6 nitrogen and oxygen atoms in total. The number of rotatable bonds is 4. The zero-order valence-electron chi connectivity index (χ0n) is 13.4. The van der Waals surface area contributed by atoms with Crippen molar-refractivity contribution in [1.82, 2.24) is 20.0 Å². The summed E-state index contributed by atoms with van der Waals surface area (Å²) in [6, 6.07) is 2.22. The van der Waals surface area contributed by atoms with Gasteiger partial charge >= 0.3 is 6.03 Å². The van der Waals surface area contributed by atoms with Gasteiger partial charge in [0.15, 0.2) is 0 Å². The van der Waals surface area contributed by atoms with E-state index in [2.05, 4.69) is 30.3 Å². The molecule has 2 heterocycles. The summed E-state index contributed by atoms with van der Waals surface area (Å²) in [6.07, 6.45) is 0. The number of morpholine rings is 1. The predicted molar refractivity (Wildman–Crippen MR) is 81.3 cm³/mol. The highest BCUT2D eigenvalue weighted by molar-refractivity contribution is 5.74. The van der Waals surface area contributed by atoms with Crippen LogP contribution in [0.5, 0.6) is 0 Å². The highest BCUT2D eigenvalue weighted by Crippen LogP contribution is 2.08. The molecule has 1 aliphatic heterocycles. The van der Waals surface area contributed by atoms with Crippen LogP contribution >= 0.6 is 0 Å². The summed E-state index contributed by atoms with van der Waals surface area (Å²) in [7, 11) is 0. The lowest BCUT2D eigenvalue weighted by Crippen LogP contribution is -2.51. The molecule has 2 amide bonds. The molecule has 1 N–H and O–H groups in total. The van der Waals surface area contributed by atoms with Crippen LogP contribution in [0, 0.1) is 19.8 Å². The number of hydrogen-bond acceptors (Lipinski definition) is 3. The van der Waals surface area contributed by atoms with Crippen LogP contribution < -0.4 is 5.32 Å². The molecule has 0 radical (unpaired) electrons. The third-order valence-corrected chi connectivity index (χ3v) is 3.82. The summed E-state index contributed by atoms with van der Waals surface area (Å²) < 4.78 is 7.35. The normalized spacial score (nSPS) is 20.4. The summed E-state index contributed by atoms with van der Waals surface area (Å²) >= 11 is 0. The molecule has 0 spiro atoms. The van der Waals surface area contributed by atoms with Gasteiger partial charge < -0.3 is 15.0 Å². The number of aromatic nitrogens is 2. The van der Waals surface area contributed by atoms with Crippen molar-refractivity contribution >= 4 is 6.03 Å². The van der Waals surface area contributed by atoms with Gasteiger partial charge in [0, 0.05) is 25.3 Å². The average molecular weight is 294 g/mol. The number of hydrogen-bond donors (Lipinski definition) is 1. The molecule has 6 heteroatoms. The standard InChI is InChI=1S/C15H26N4O2/c1-11(9-19-13(3)7-12(2)17-19)8-16-15(20)18-5-6-21-10-14(18)4/h7,11,14H,5-6,8-10H2,1-4H3,(H,16,20)/t11-,14-/m0/s1. The molecule has 1 saturated heterocycles. The third-order valence-electron chi connectivity index (χ3n) is 3.82. The maximum atomic E-state index is 12.2. The first-order valence-electron chi connectivity index (χ1n) is 7.60. The number of urea groups is 1. The van der Waals surface area contributed by atoms with Gasteiger partial charge in [0.1, 0.15) is 0 Å². The van der Waals surface area contributed by atoms with Gasteiger partial charge in [-0.1, -0.05) is 6.92 Å². The predicted octanol–water partition coefficient (Wildman–Crippen LogP) is 1.57. The van der Waals surface area contributed by atoms with E-state index in [0.717, 1.165) is 17.9 Å². The fourth-order valence-corrected chi connectivity index (χ4v) is 2.61. The van der Waals surface area contributed by atoms with Gasteiger partial charge in [0.05, 0.1) is 24.9 Å². The van der Waals surface area contributed by atoms with Gasteiger partial charge in [-0.2, -0.15) is 5.10 Å². The Morgan fingerprint density at radius 1 is 1.57 bits per heavy atom. The van der Waals surface area contributed by atoms with Crippen molar-refractivity contribution in [2.24, 2.45) is 5.92 Å². The lowest BCUT2D eigenvalue weighted by molar-refractivity contribution is 0.0188. The minimum Gasteiger partial charge on any atom is -0.377 e. The molecule has 0 aliphatic carbocycles. The molecule has 118 valence electrons. The average Bonchev–Trinajstić information content (AvgIpc) is 2.74. The van der Waals surface area contributed by atoms with Crippen molar-refractivity contribution in [1.29, 1.82) is 0 Å². The molecule has 21 heavy (non-hydrogen) atoms. The molecule has 2 atom stereocenters. The Hall–Kier alpha value is -1.56. The number of carbonyl (C=O) groups is 1. The van der Waals surface area contributed by atoms with Gasteiger partial charge in [-0.15, -0.1) is 0 Å². The largest absolute Gasteiger partial charge is 0.377 e. The van der Waals surface area contributed by atoms with E-state index < -0.39 is 0 Å². The number of nitrogens with zero attached hydrogens (tertiary/aromatic N) is 3. The van der Waals surface area contributed by atoms with Gasteiger partial charge in [0.25, 0.3) is 0 Å². The third kappa shape index (κ3) is 4.20. The highest BCUT2D eigenvalue weighted by atomic mass is 16.5. The molecular formula is C15H26N4O2. The minimum absolute atomic E-state index is 0.00557.